The molecule has 0 bridgehead atoms. The van der Waals surface area contributed by atoms with Crippen molar-refractivity contribution in [1.82, 2.24) is 9.97 Å². The van der Waals surface area contributed by atoms with Crippen molar-refractivity contribution >= 4 is 33.2 Å². The standard InChI is InChI=1S/C12H15ClN2OS/c1-5-16-7(3)11-14-10(13)9-6(2)8(4)17-12(9)15-11/h7H,5H2,1-4H3. The number of fused-ring (bicyclic) bond motifs is 1. The summed E-state index contributed by atoms with van der Waals surface area (Å²) < 4.78 is 5.49. The van der Waals surface area contributed by atoms with Gasteiger partial charge in [0, 0.05) is 11.5 Å². The van der Waals surface area contributed by atoms with E-state index in [0.29, 0.717) is 17.6 Å². The SMILES string of the molecule is CCOC(C)c1nc(Cl)c2c(C)c(C)sc2n1. The predicted molar refractivity (Wildman–Crippen MR) is 71.9 cm³/mol. The van der Waals surface area contributed by atoms with E-state index in [1.807, 2.05) is 13.8 Å². The average molecular weight is 271 g/mol. The van der Waals surface area contributed by atoms with E-state index in [2.05, 4.69) is 23.8 Å². The van der Waals surface area contributed by atoms with Crippen LogP contribution in [0.5, 0.6) is 0 Å². The zero-order chi connectivity index (χ0) is 12.6. The number of nitrogens with zero attached hydrogens (tertiary/aromatic N) is 2. The number of thiophene rings is 1. The van der Waals surface area contributed by atoms with Gasteiger partial charge in [0.05, 0.1) is 5.39 Å². The third-order valence-corrected chi connectivity index (χ3v) is 4.16. The highest BCUT2D eigenvalue weighted by Gasteiger charge is 2.16. The second-order valence-corrected chi connectivity index (χ2v) is 5.49. The van der Waals surface area contributed by atoms with Gasteiger partial charge in [-0.25, -0.2) is 9.97 Å². The average Bonchev–Trinajstić information content (AvgIpc) is 2.55. The number of aryl methyl sites for hydroxylation is 2. The van der Waals surface area contributed by atoms with E-state index in [9.17, 15) is 0 Å². The lowest BCUT2D eigenvalue weighted by Gasteiger charge is -2.10. The second kappa shape index (κ2) is 4.88. The first-order valence-corrected chi connectivity index (χ1v) is 6.78. The van der Waals surface area contributed by atoms with Gasteiger partial charge in [-0.2, -0.15) is 0 Å². The molecule has 0 saturated carbocycles. The van der Waals surface area contributed by atoms with Gasteiger partial charge >= 0.3 is 0 Å². The van der Waals surface area contributed by atoms with Crippen molar-refractivity contribution in [2.24, 2.45) is 0 Å². The zero-order valence-electron chi connectivity index (χ0n) is 10.4. The molecular formula is C12H15ClN2OS. The summed E-state index contributed by atoms with van der Waals surface area (Å²) in [5, 5.41) is 1.50. The third-order valence-electron chi connectivity index (χ3n) is 2.78. The highest BCUT2D eigenvalue weighted by molar-refractivity contribution is 7.18. The van der Waals surface area contributed by atoms with Crippen molar-refractivity contribution in [2.75, 3.05) is 6.61 Å². The van der Waals surface area contributed by atoms with Crippen molar-refractivity contribution in [3.8, 4) is 0 Å². The molecule has 0 aromatic carbocycles. The molecule has 1 atom stereocenters. The topological polar surface area (TPSA) is 35.0 Å². The highest BCUT2D eigenvalue weighted by Crippen LogP contribution is 2.33. The van der Waals surface area contributed by atoms with Gasteiger partial charge in [-0.3, -0.25) is 0 Å². The van der Waals surface area contributed by atoms with Crippen molar-refractivity contribution in [3.63, 3.8) is 0 Å². The third kappa shape index (κ3) is 2.30. The Bertz CT molecular complexity index is 553. The van der Waals surface area contributed by atoms with Gasteiger partial charge < -0.3 is 4.74 Å². The molecule has 0 fully saturated rings. The molecule has 0 amide bonds. The Morgan fingerprint density at radius 1 is 1.35 bits per heavy atom. The summed E-state index contributed by atoms with van der Waals surface area (Å²) in [6.07, 6.45) is -0.121. The van der Waals surface area contributed by atoms with E-state index in [1.54, 1.807) is 11.3 Å². The largest absolute Gasteiger partial charge is 0.371 e. The van der Waals surface area contributed by atoms with Gasteiger partial charge in [0.2, 0.25) is 0 Å². The summed E-state index contributed by atoms with van der Waals surface area (Å²) in [7, 11) is 0. The van der Waals surface area contributed by atoms with E-state index < -0.39 is 0 Å². The molecule has 2 heterocycles. The molecule has 2 aromatic heterocycles. The van der Waals surface area contributed by atoms with Crippen LogP contribution in [0.3, 0.4) is 0 Å². The molecule has 92 valence electrons. The van der Waals surface area contributed by atoms with Crippen LogP contribution in [-0.4, -0.2) is 16.6 Å². The molecular weight excluding hydrogens is 256 g/mol. The molecule has 0 saturated heterocycles. The minimum atomic E-state index is -0.121. The molecule has 0 spiro atoms. The number of halogens is 1. The number of ether oxygens (including phenoxy) is 1. The molecule has 2 aromatic rings. The maximum atomic E-state index is 6.23. The molecule has 0 radical (unpaired) electrons. The van der Waals surface area contributed by atoms with Crippen molar-refractivity contribution < 1.29 is 4.74 Å². The predicted octanol–water partition coefficient (Wildman–Crippen LogP) is 4.06. The van der Waals surface area contributed by atoms with Crippen molar-refractivity contribution in [3.05, 3.63) is 21.4 Å². The number of hydrogen-bond donors (Lipinski definition) is 0. The van der Waals surface area contributed by atoms with Gasteiger partial charge in [-0.1, -0.05) is 11.6 Å². The fourth-order valence-electron chi connectivity index (χ4n) is 1.72. The molecule has 0 aliphatic rings. The molecule has 5 heteroatoms. The van der Waals surface area contributed by atoms with Crippen LogP contribution < -0.4 is 0 Å². The van der Waals surface area contributed by atoms with Gasteiger partial charge in [-0.15, -0.1) is 11.3 Å². The van der Waals surface area contributed by atoms with Crippen LogP contribution in [0.15, 0.2) is 0 Å². The lowest BCUT2D eigenvalue weighted by atomic mass is 10.2. The van der Waals surface area contributed by atoms with Crippen LogP contribution in [-0.2, 0) is 4.74 Å². The lowest BCUT2D eigenvalue weighted by molar-refractivity contribution is 0.0703. The normalized spacial score (nSPS) is 13.2. The Morgan fingerprint density at radius 3 is 2.71 bits per heavy atom. The van der Waals surface area contributed by atoms with Crippen LogP contribution in [0.4, 0.5) is 0 Å². The summed E-state index contributed by atoms with van der Waals surface area (Å²) in [4.78, 5) is 11.0. The first-order valence-electron chi connectivity index (χ1n) is 5.59. The van der Waals surface area contributed by atoms with Crippen LogP contribution in [0.1, 0.15) is 36.2 Å². The fourth-order valence-corrected chi connectivity index (χ4v) is 3.13. The van der Waals surface area contributed by atoms with Gasteiger partial charge in [0.25, 0.3) is 0 Å². The Hall–Kier alpha value is -0.710. The minimum Gasteiger partial charge on any atom is -0.371 e. The summed E-state index contributed by atoms with van der Waals surface area (Å²) in [5.74, 6) is 0.658. The summed E-state index contributed by atoms with van der Waals surface area (Å²) in [5.41, 5.74) is 1.17. The maximum Gasteiger partial charge on any atom is 0.160 e. The van der Waals surface area contributed by atoms with E-state index in [-0.39, 0.29) is 6.10 Å². The Morgan fingerprint density at radius 2 is 2.06 bits per heavy atom. The number of rotatable bonds is 3. The lowest BCUT2D eigenvalue weighted by Crippen LogP contribution is -2.05. The zero-order valence-corrected chi connectivity index (χ0v) is 11.9. The molecule has 0 aliphatic heterocycles. The summed E-state index contributed by atoms with van der Waals surface area (Å²) in [6.45, 7) is 8.66. The quantitative estimate of drug-likeness (QED) is 0.789. The minimum absolute atomic E-state index is 0.121. The molecule has 1 unspecified atom stereocenters. The Balaban J connectivity index is 2.56. The molecule has 3 nitrogen and oxygen atoms in total. The van der Waals surface area contributed by atoms with Gasteiger partial charge in [0.15, 0.2) is 5.82 Å². The molecule has 2 rings (SSSR count). The Labute approximate surface area is 110 Å². The highest BCUT2D eigenvalue weighted by atomic mass is 35.5. The van der Waals surface area contributed by atoms with Crippen molar-refractivity contribution in [1.29, 1.82) is 0 Å². The first-order chi connectivity index (χ1) is 8.04. The second-order valence-electron chi connectivity index (χ2n) is 3.93. The molecule has 0 aliphatic carbocycles. The summed E-state index contributed by atoms with van der Waals surface area (Å²) in [6, 6.07) is 0. The molecule has 0 N–H and O–H groups in total. The van der Waals surface area contributed by atoms with E-state index in [0.717, 1.165) is 10.2 Å². The van der Waals surface area contributed by atoms with E-state index in [1.165, 1.54) is 10.4 Å². The van der Waals surface area contributed by atoms with Crippen LogP contribution in [0, 0.1) is 13.8 Å². The van der Waals surface area contributed by atoms with Gasteiger partial charge in [-0.05, 0) is 33.3 Å². The van der Waals surface area contributed by atoms with Crippen LogP contribution in [0.2, 0.25) is 5.15 Å². The fraction of sp³-hybridized carbons (Fsp3) is 0.500. The smallest absolute Gasteiger partial charge is 0.160 e. The summed E-state index contributed by atoms with van der Waals surface area (Å²) >= 11 is 7.88. The number of hydrogen-bond acceptors (Lipinski definition) is 4. The monoisotopic (exact) mass is 270 g/mol. The van der Waals surface area contributed by atoms with Gasteiger partial charge in [0.1, 0.15) is 16.1 Å². The first kappa shape index (κ1) is 12.7. The number of aromatic nitrogens is 2. The Kier molecular flexibility index (Phi) is 3.66. The van der Waals surface area contributed by atoms with E-state index >= 15 is 0 Å². The van der Waals surface area contributed by atoms with Crippen molar-refractivity contribution in [2.45, 2.75) is 33.8 Å². The van der Waals surface area contributed by atoms with Crippen LogP contribution in [0.25, 0.3) is 10.2 Å². The molecule has 17 heavy (non-hydrogen) atoms. The van der Waals surface area contributed by atoms with E-state index in [4.69, 9.17) is 16.3 Å². The van der Waals surface area contributed by atoms with Crippen LogP contribution >= 0.6 is 22.9 Å². The maximum absolute atomic E-state index is 6.23.